The lowest BCUT2D eigenvalue weighted by Gasteiger charge is -2.42. The van der Waals surface area contributed by atoms with Gasteiger partial charge in [-0.3, -0.25) is 0 Å². The van der Waals surface area contributed by atoms with Crippen LogP contribution >= 0.6 is 11.6 Å². The minimum Gasteiger partial charge on any atom is -0.367 e. The monoisotopic (exact) mass is 306 g/mol. The second kappa shape index (κ2) is 5.45. The molecular formula is C14H18ClF3N2. The van der Waals surface area contributed by atoms with Gasteiger partial charge in [0.1, 0.15) is 0 Å². The van der Waals surface area contributed by atoms with Crippen LogP contribution in [0.25, 0.3) is 0 Å². The molecule has 0 aromatic heterocycles. The van der Waals surface area contributed by atoms with Crippen LogP contribution in [0.15, 0.2) is 18.2 Å². The molecular weight excluding hydrogens is 289 g/mol. The van der Waals surface area contributed by atoms with E-state index >= 15 is 0 Å². The third kappa shape index (κ3) is 3.20. The Morgan fingerprint density at radius 2 is 2.10 bits per heavy atom. The van der Waals surface area contributed by atoms with Crippen molar-refractivity contribution in [3.8, 4) is 0 Å². The van der Waals surface area contributed by atoms with Crippen molar-refractivity contribution in [3.05, 3.63) is 28.8 Å². The van der Waals surface area contributed by atoms with Crippen molar-refractivity contribution in [2.75, 3.05) is 24.5 Å². The molecule has 0 radical (unpaired) electrons. The predicted molar refractivity (Wildman–Crippen MR) is 75.4 cm³/mol. The van der Waals surface area contributed by atoms with Crippen molar-refractivity contribution < 1.29 is 13.2 Å². The summed E-state index contributed by atoms with van der Waals surface area (Å²) < 4.78 is 37.9. The maximum absolute atomic E-state index is 12.6. The van der Waals surface area contributed by atoms with Gasteiger partial charge in [-0.1, -0.05) is 18.5 Å². The minimum absolute atomic E-state index is 0.0374. The molecule has 2 nitrogen and oxygen atoms in total. The van der Waals surface area contributed by atoms with Gasteiger partial charge in [0.25, 0.3) is 0 Å². The first-order chi connectivity index (χ1) is 9.25. The summed E-state index contributed by atoms with van der Waals surface area (Å²) in [6.45, 7) is 6.46. The number of hydrogen-bond donors (Lipinski definition) is 1. The molecule has 1 aromatic carbocycles. The Morgan fingerprint density at radius 1 is 1.40 bits per heavy atom. The lowest BCUT2D eigenvalue weighted by molar-refractivity contribution is -0.137. The molecule has 1 aliphatic heterocycles. The highest BCUT2D eigenvalue weighted by Crippen LogP contribution is 2.36. The van der Waals surface area contributed by atoms with Gasteiger partial charge in [-0.2, -0.15) is 13.2 Å². The molecule has 0 saturated carbocycles. The summed E-state index contributed by atoms with van der Waals surface area (Å²) in [6, 6.07) is 3.56. The van der Waals surface area contributed by atoms with Crippen LogP contribution in [0.1, 0.15) is 25.8 Å². The first kappa shape index (κ1) is 15.4. The van der Waals surface area contributed by atoms with Gasteiger partial charge in [0.05, 0.1) is 16.3 Å². The van der Waals surface area contributed by atoms with Crippen LogP contribution in [0, 0.1) is 0 Å². The van der Waals surface area contributed by atoms with Crippen molar-refractivity contribution in [2.45, 2.75) is 32.0 Å². The molecule has 1 heterocycles. The molecule has 1 saturated heterocycles. The maximum atomic E-state index is 12.6. The molecule has 1 unspecified atom stereocenters. The molecule has 6 heteroatoms. The Hall–Kier alpha value is -0.940. The average Bonchev–Trinajstić information content (AvgIpc) is 2.37. The number of piperazine rings is 1. The van der Waals surface area contributed by atoms with Gasteiger partial charge in [0, 0.05) is 25.2 Å². The SMILES string of the molecule is CCC1(C)CN(c2ccc(C(F)(F)F)cc2Cl)CCN1. The smallest absolute Gasteiger partial charge is 0.367 e. The Kier molecular flexibility index (Phi) is 4.21. The fourth-order valence-corrected chi connectivity index (χ4v) is 2.73. The van der Waals surface area contributed by atoms with E-state index < -0.39 is 11.7 Å². The standard InChI is InChI=1S/C14H18ClF3N2/c1-3-13(2)9-20(7-6-19-13)12-5-4-10(8-11(12)15)14(16,17)18/h4-5,8,19H,3,6-7,9H2,1-2H3. The molecule has 1 N–H and O–H groups in total. The van der Waals surface area contributed by atoms with Crippen molar-refractivity contribution in [3.63, 3.8) is 0 Å². The van der Waals surface area contributed by atoms with Crippen LogP contribution in [-0.4, -0.2) is 25.2 Å². The second-order valence-electron chi connectivity index (χ2n) is 5.43. The normalized spacial score (nSPS) is 24.0. The van der Waals surface area contributed by atoms with Crippen LogP contribution in [0.2, 0.25) is 5.02 Å². The third-order valence-electron chi connectivity index (χ3n) is 3.87. The summed E-state index contributed by atoms with van der Waals surface area (Å²) in [5.74, 6) is 0. The quantitative estimate of drug-likeness (QED) is 0.890. The van der Waals surface area contributed by atoms with E-state index in [1.807, 2.05) is 4.90 Å². The summed E-state index contributed by atoms with van der Waals surface area (Å²) in [7, 11) is 0. The first-order valence-electron chi connectivity index (χ1n) is 6.62. The number of anilines is 1. The lowest BCUT2D eigenvalue weighted by atomic mass is 9.95. The summed E-state index contributed by atoms with van der Waals surface area (Å²) in [5.41, 5.74) is -0.0786. The third-order valence-corrected chi connectivity index (χ3v) is 4.17. The van der Waals surface area contributed by atoms with E-state index in [4.69, 9.17) is 11.6 Å². The number of benzene rings is 1. The Morgan fingerprint density at radius 3 is 2.65 bits per heavy atom. The Balaban J connectivity index is 2.25. The van der Waals surface area contributed by atoms with Gasteiger partial charge in [-0.25, -0.2) is 0 Å². The summed E-state index contributed by atoms with van der Waals surface area (Å²) in [6.07, 6.45) is -3.41. The van der Waals surface area contributed by atoms with E-state index in [9.17, 15) is 13.2 Å². The second-order valence-corrected chi connectivity index (χ2v) is 5.83. The molecule has 112 valence electrons. The number of rotatable bonds is 2. The molecule has 1 aromatic rings. The molecule has 2 rings (SSSR count). The summed E-state index contributed by atoms with van der Waals surface area (Å²) in [4.78, 5) is 2.04. The number of halogens is 4. The van der Waals surface area contributed by atoms with Crippen LogP contribution in [0.5, 0.6) is 0 Å². The van der Waals surface area contributed by atoms with Crippen LogP contribution < -0.4 is 10.2 Å². The Labute approximate surface area is 121 Å². The van der Waals surface area contributed by atoms with Crippen LogP contribution in [0.3, 0.4) is 0 Å². The average molecular weight is 307 g/mol. The molecule has 20 heavy (non-hydrogen) atoms. The van der Waals surface area contributed by atoms with E-state index in [-0.39, 0.29) is 10.6 Å². The van der Waals surface area contributed by atoms with Gasteiger partial charge < -0.3 is 10.2 Å². The van der Waals surface area contributed by atoms with Gasteiger partial charge in [-0.05, 0) is 31.5 Å². The highest BCUT2D eigenvalue weighted by Gasteiger charge is 2.33. The van der Waals surface area contributed by atoms with Gasteiger partial charge in [-0.15, -0.1) is 0 Å². The molecule has 1 aliphatic rings. The molecule has 0 aliphatic carbocycles. The van der Waals surface area contributed by atoms with Crippen molar-refractivity contribution in [1.82, 2.24) is 5.32 Å². The van der Waals surface area contributed by atoms with Crippen molar-refractivity contribution in [1.29, 1.82) is 0 Å². The number of hydrogen-bond acceptors (Lipinski definition) is 2. The number of nitrogens with one attached hydrogen (secondary N) is 1. The predicted octanol–water partition coefficient (Wildman–Crippen LogP) is 3.94. The first-order valence-corrected chi connectivity index (χ1v) is 7.00. The van der Waals surface area contributed by atoms with E-state index in [0.29, 0.717) is 5.69 Å². The maximum Gasteiger partial charge on any atom is 0.416 e. The van der Waals surface area contributed by atoms with E-state index in [1.165, 1.54) is 6.07 Å². The molecule has 1 fully saturated rings. The number of alkyl halides is 3. The van der Waals surface area contributed by atoms with Gasteiger partial charge >= 0.3 is 6.18 Å². The highest BCUT2D eigenvalue weighted by atomic mass is 35.5. The molecule has 0 spiro atoms. The van der Waals surface area contributed by atoms with Crippen LogP contribution in [-0.2, 0) is 6.18 Å². The summed E-state index contributed by atoms with van der Waals surface area (Å²) in [5, 5.41) is 3.59. The zero-order chi connectivity index (χ0) is 15.0. The van der Waals surface area contributed by atoms with Crippen LogP contribution in [0.4, 0.5) is 18.9 Å². The Bertz CT molecular complexity index is 490. The van der Waals surface area contributed by atoms with E-state index in [0.717, 1.165) is 38.2 Å². The van der Waals surface area contributed by atoms with E-state index in [1.54, 1.807) is 0 Å². The zero-order valence-corrected chi connectivity index (χ0v) is 12.3. The van der Waals surface area contributed by atoms with Crippen molar-refractivity contribution >= 4 is 17.3 Å². The fourth-order valence-electron chi connectivity index (χ4n) is 2.43. The largest absolute Gasteiger partial charge is 0.416 e. The topological polar surface area (TPSA) is 15.3 Å². The minimum atomic E-state index is -4.36. The van der Waals surface area contributed by atoms with Gasteiger partial charge in [0.15, 0.2) is 0 Å². The fraction of sp³-hybridized carbons (Fsp3) is 0.571. The van der Waals surface area contributed by atoms with Crippen molar-refractivity contribution in [2.24, 2.45) is 0 Å². The number of nitrogens with zero attached hydrogens (tertiary/aromatic N) is 1. The summed E-state index contributed by atoms with van der Waals surface area (Å²) >= 11 is 6.04. The zero-order valence-electron chi connectivity index (χ0n) is 11.5. The molecule has 0 bridgehead atoms. The van der Waals surface area contributed by atoms with E-state index in [2.05, 4.69) is 19.2 Å². The highest BCUT2D eigenvalue weighted by molar-refractivity contribution is 6.33. The van der Waals surface area contributed by atoms with Gasteiger partial charge in [0.2, 0.25) is 0 Å². The molecule has 0 amide bonds. The molecule has 1 atom stereocenters. The lowest BCUT2D eigenvalue weighted by Crippen LogP contribution is -2.58.